The number of nitrogens with two attached hydrogens (primary N) is 1. The highest BCUT2D eigenvalue weighted by Gasteiger charge is 2.37. The molecule has 3 nitrogen and oxygen atoms in total. The Bertz CT molecular complexity index is 214. The van der Waals surface area contributed by atoms with E-state index in [0.717, 1.165) is 6.54 Å². The van der Waals surface area contributed by atoms with E-state index in [4.69, 9.17) is 5.73 Å². The van der Waals surface area contributed by atoms with Crippen LogP contribution in [0.5, 0.6) is 0 Å². The minimum absolute atomic E-state index is 0.247. The average Bonchev–Trinajstić information content (AvgIpc) is 2.32. The number of piperazine rings is 1. The van der Waals surface area contributed by atoms with Crippen LogP contribution in [0.3, 0.4) is 0 Å². The molecule has 0 spiro atoms. The molecule has 0 aromatic carbocycles. The minimum atomic E-state index is 0.247. The lowest BCUT2D eigenvalue weighted by molar-refractivity contribution is -0.00541. The molecule has 1 fully saturated rings. The minimum Gasteiger partial charge on any atom is -0.329 e. The van der Waals surface area contributed by atoms with Gasteiger partial charge in [0.2, 0.25) is 0 Å². The Morgan fingerprint density at radius 2 is 2.00 bits per heavy atom. The molecule has 2 unspecified atom stereocenters. The molecule has 0 aromatic rings. The molecule has 0 saturated carbocycles. The van der Waals surface area contributed by atoms with E-state index in [9.17, 15) is 0 Å². The van der Waals surface area contributed by atoms with Crippen LogP contribution in [0.15, 0.2) is 0 Å². The van der Waals surface area contributed by atoms with Crippen molar-refractivity contribution in [2.75, 3.05) is 33.2 Å². The molecule has 0 amide bonds. The van der Waals surface area contributed by atoms with Gasteiger partial charge in [-0.2, -0.15) is 0 Å². The van der Waals surface area contributed by atoms with E-state index in [1.807, 2.05) is 0 Å². The Hall–Kier alpha value is -0.120. The van der Waals surface area contributed by atoms with Crippen LogP contribution in [0.2, 0.25) is 0 Å². The van der Waals surface area contributed by atoms with Crippen LogP contribution in [0.25, 0.3) is 0 Å². The van der Waals surface area contributed by atoms with Crippen LogP contribution in [0.1, 0.15) is 46.5 Å². The van der Waals surface area contributed by atoms with Crippen LogP contribution >= 0.6 is 0 Å². The molecular formula is C14H31N3. The molecule has 0 radical (unpaired) electrons. The summed E-state index contributed by atoms with van der Waals surface area (Å²) in [5, 5.41) is 0. The zero-order valence-electron chi connectivity index (χ0n) is 12.2. The van der Waals surface area contributed by atoms with Crippen LogP contribution in [0.4, 0.5) is 0 Å². The first kappa shape index (κ1) is 14.9. The van der Waals surface area contributed by atoms with Gasteiger partial charge in [-0.3, -0.25) is 4.90 Å². The second-order valence-electron chi connectivity index (χ2n) is 5.69. The second kappa shape index (κ2) is 6.72. The smallest absolute Gasteiger partial charge is 0.0333 e. The molecule has 0 aliphatic carbocycles. The zero-order chi connectivity index (χ0) is 12.9. The summed E-state index contributed by atoms with van der Waals surface area (Å²) in [5.74, 6) is 0. The van der Waals surface area contributed by atoms with E-state index in [0.29, 0.717) is 6.04 Å². The molecule has 17 heavy (non-hydrogen) atoms. The molecule has 2 N–H and O–H groups in total. The van der Waals surface area contributed by atoms with Gasteiger partial charge in [0.15, 0.2) is 0 Å². The topological polar surface area (TPSA) is 32.5 Å². The highest BCUT2D eigenvalue weighted by atomic mass is 15.3. The van der Waals surface area contributed by atoms with Gasteiger partial charge < -0.3 is 10.6 Å². The summed E-state index contributed by atoms with van der Waals surface area (Å²) in [6.45, 7) is 11.2. The molecule has 1 aliphatic rings. The van der Waals surface area contributed by atoms with Crippen molar-refractivity contribution in [3.05, 3.63) is 0 Å². The summed E-state index contributed by atoms with van der Waals surface area (Å²) in [6, 6.07) is 0.633. The predicted octanol–water partition coefficient (Wildman–Crippen LogP) is 1.92. The molecule has 3 heteroatoms. The van der Waals surface area contributed by atoms with Crippen molar-refractivity contribution < 1.29 is 0 Å². The molecular weight excluding hydrogens is 210 g/mol. The third-order valence-corrected chi connectivity index (χ3v) is 4.47. The number of likely N-dealkylation sites (N-methyl/N-ethyl adjacent to an activating group) is 1. The maximum absolute atomic E-state index is 6.13. The summed E-state index contributed by atoms with van der Waals surface area (Å²) in [6.07, 6.45) is 5.00. The Morgan fingerprint density at radius 3 is 2.47 bits per heavy atom. The van der Waals surface area contributed by atoms with Crippen LogP contribution in [-0.2, 0) is 0 Å². The van der Waals surface area contributed by atoms with E-state index in [2.05, 4.69) is 37.6 Å². The number of rotatable bonds is 6. The molecule has 2 atom stereocenters. The number of unbranched alkanes of at least 4 members (excludes halogenated alkanes) is 1. The van der Waals surface area contributed by atoms with Crippen molar-refractivity contribution in [2.45, 2.75) is 58.0 Å². The van der Waals surface area contributed by atoms with Gasteiger partial charge in [-0.1, -0.05) is 26.7 Å². The highest BCUT2D eigenvalue weighted by molar-refractivity contribution is 4.95. The Labute approximate surface area is 107 Å². The highest BCUT2D eigenvalue weighted by Crippen LogP contribution is 2.29. The average molecular weight is 241 g/mol. The van der Waals surface area contributed by atoms with Gasteiger partial charge in [-0.25, -0.2) is 0 Å². The number of hydrogen-bond acceptors (Lipinski definition) is 3. The summed E-state index contributed by atoms with van der Waals surface area (Å²) < 4.78 is 0. The van der Waals surface area contributed by atoms with Gasteiger partial charge in [0, 0.05) is 37.8 Å². The SMILES string of the molecule is CCCCC(CC)(CN)N1CCN(C)CC1C. The first-order valence-electron chi connectivity index (χ1n) is 7.25. The maximum Gasteiger partial charge on any atom is 0.0333 e. The standard InChI is InChI=1S/C14H31N3/c1-5-7-8-14(6-2,12-15)17-10-9-16(4)11-13(17)3/h13H,5-12,15H2,1-4H3. The monoisotopic (exact) mass is 241 g/mol. The first-order chi connectivity index (χ1) is 8.09. The van der Waals surface area contributed by atoms with E-state index >= 15 is 0 Å². The maximum atomic E-state index is 6.13. The Kier molecular flexibility index (Phi) is 5.90. The first-order valence-corrected chi connectivity index (χ1v) is 7.25. The molecule has 1 saturated heterocycles. The lowest BCUT2D eigenvalue weighted by atomic mass is 9.85. The van der Waals surface area contributed by atoms with Crippen molar-refractivity contribution in [1.82, 2.24) is 9.80 Å². The van der Waals surface area contributed by atoms with Gasteiger partial charge in [0.05, 0.1) is 0 Å². The van der Waals surface area contributed by atoms with Crippen LogP contribution in [-0.4, -0.2) is 54.6 Å². The van der Waals surface area contributed by atoms with E-state index in [1.165, 1.54) is 45.3 Å². The Balaban J connectivity index is 2.74. The fourth-order valence-corrected chi connectivity index (χ4v) is 3.24. The zero-order valence-corrected chi connectivity index (χ0v) is 12.2. The van der Waals surface area contributed by atoms with Gasteiger partial charge in [0.25, 0.3) is 0 Å². The molecule has 1 heterocycles. The Morgan fingerprint density at radius 1 is 1.29 bits per heavy atom. The summed E-state index contributed by atoms with van der Waals surface area (Å²) in [4.78, 5) is 5.11. The fraction of sp³-hybridized carbons (Fsp3) is 1.00. The van der Waals surface area contributed by atoms with Crippen molar-refractivity contribution in [2.24, 2.45) is 5.73 Å². The third-order valence-electron chi connectivity index (χ3n) is 4.47. The van der Waals surface area contributed by atoms with Crippen molar-refractivity contribution in [1.29, 1.82) is 0 Å². The lowest BCUT2D eigenvalue weighted by Crippen LogP contribution is -2.63. The van der Waals surface area contributed by atoms with Crippen molar-refractivity contribution in [3.8, 4) is 0 Å². The summed E-state index contributed by atoms with van der Waals surface area (Å²) in [5.41, 5.74) is 6.38. The van der Waals surface area contributed by atoms with Gasteiger partial charge in [-0.15, -0.1) is 0 Å². The second-order valence-corrected chi connectivity index (χ2v) is 5.69. The quantitative estimate of drug-likeness (QED) is 0.771. The lowest BCUT2D eigenvalue weighted by Gasteiger charge is -2.50. The van der Waals surface area contributed by atoms with Crippen molar-refractivity contribution in [3.63, 3.8) is 0 Å². The van der Waals surface area contributed by atoms with Crippen LogP contribution in [0, 0.1) is 0 Å². The molecule has 1 aliphatic heterocycles. The number of hydrogen-bond donors (Lipinski definition) is 1. The van der Waals surface area contributed by atoms with E-state index < -0.39 is 0 Å². The van der Waals surface area contributed by atoms with E-state index in [1.54, 1.807) is 0 Å². The fourth-order valence-electron chi connectivity index (χ4n) is 3.24. The third kappa shape index (κ3) is 3.43. The molecule has 0 aromatic heterocycles. The summed E-state index contributed by atoms with van der Waals surface area (Å²) in [7, 11) is 2.22. The molecule has 0 bridgehead atoms. The van der Waals surface area contributed by atoms with Gasteiger partial charge in [0.1, 0.15) is 0 Å². The van der Waals surface area contributed by atoms with Gasteiger partial charge >= 0.3 is 0 Å². The van der Waals surface area contributed by atoms with E-state index in [-0.39, 0.29) is 5.54 Å². The van der Waals surface area contributed by atoms with Crippen LogP contribution < -0.4 is 5.73 Å². The summed E-state index contributed by atoms with van der Waals surface area (Å²) >= 11 is 0. The molecule has 1 rings (SSSR count). The number of nitrogens with zero attached hydrogens (tertiary/aromatic N) is 2. The predicted molar refractivity (Wildman–Crippen MR) is 75.3 cm³/mol. The van der Waals surface area contributed by atoms with Crippen molar-refractivity contribution >= 4 is 0 Å². The molecule has 102 valence electrons. The van der Waals surface area contributed by atoms with Gasteiger partial charge in [-0.05, 0) is 26.8 Å². The normalized spacial score (nSPS) is 27.0. The largest absolute Gasteiger partial charge is 0.329 e.